The highest BCUT2D eigenvalue weighted by Crippen LogP contribution is 2.27. The molecule has 1 fully saturated rings. The van der Waals surface area contributed by atoms with Crippen molar-refractivity contribution in [3.63, 3.8) is 0 Å². The smallest absolute Gasteiger partial charge is 0.134 e. The normalized spacial score (nSPS) is 14.6. The van der Waals surface area contributed by atoms with Crippen LogP contribution in [0.15, 0.2) is 36.4 Å². The molecule has 3 rings (SSSR count). The standard InChI is InChI=1S/C16H14F3N/c17-11-2-6-14(16(19)8-11)13-5-1-10(7-15(13)18)9-20-12-3-4-12/h1-2,5-8,12,20H,3-4,9H2. The van der Waals surface area contributed by atoms with Crippen LogP contribution in [0, 0.1) is 17.5 Å². The molecule has 4 heteroatoms. The van der Waals surface area contributed by atoms with E-state index in [1.807, 2.05) is 0 Å². The van der Waals surface area contributed by atoms with Gasteiger partial charge in [-0.3, -0.25) is 0 Å². The van der Waals surface area contributed by atoms with Crippen LogP contribution >= 0.6 is 0 Å². The van der Waals surface area contributed by atoms with Crippen LogP contribution in [0.2, 0.25) is 0 Å². The first-order chi connectivity index (χ1) is 9.63. The summed E-state index contributed by atoms with van der Waals surface area (Å²) in [4.78, 5) is 0. The molecule has 0 aliphatic heterocycles. The van der Waals surface area contributed by atoms with E-state index in [9.17, 15) is 13.2 Å². The van der Waals surface area contributed by atoms with E-state index in [2.05, 4.69) is 5.32 Å². The lowest BCUT2D eigenvalue weighted by Crippen LogP contribution is -2.15. The van der Waals surface area contributed by atoms with E-state index >= 15 is 0 Å². The minimum absolute atomic E-state index is 0.0746. The molecule has 0 aromatic heterocycles. The van der Waals surface area contributed by atoms with Crippen molar-refractivity contribution < 1.29 is 13.2 Å². The van der Waals surface area contributed by atoms with Crippen molar-refractivity contribution in [3.8, 4) is 11.1 Å². The highest BCUT2D eigenvalue weighted by atomic mass is 19.1. The summed E-state index contributed by atoms with van der Waals surface area (Å²) in [5, 5.41) is 3.29. The molecule has 1 nitrogen and oxygen atoms in total. The van der Waals surface area contributed by atoms with Gasteiger partial charge in [0, 0.05) is 29.8 Å². The lowest BCUT2D eigenvalue weighted by atomic mass is 10.0. The van der Waals surface area contributed by atoms with Crippen LogP contribution in [0.3, 0.4) is 0 Å². The minimum Gasteiger partial charge on any atom is -0.310 e. The molecule has 1 aliphatic rings. The first kappa shape index (κ1) is 13.2. The zero-order chi connectivity index (χ0) is 14.1. The van der Waals surface area contributed by atoms with E-state index in [1.165, 1.54) is 31.0 Å². The molecule has 0 saturated heterocycles. The van der Waals surface area contributed by atoms with Crippen molar-refractivity contribution in [1.29, 1.82) is 0 Å². The predicted octanol–water partition coefficient (Wildman–Crippen LogP) is 4.02. The Balaban J connectivity index is 1.85. The Hall–Kier alpha value is -1.81. The van der Waals surface area contributed by atoms with Gasteiger partial charge in [-0.15, -0.1) is 0 Å². The molecule has 0 bridgehead atoms. The molecule has 0 heterocycles. The van der Waals surface area contributed by atoms with E-state index in [-0.39, 0.29) is 11.1 Å². The van der Waals surface area contributed by atoms with Crippen molar-refractivity contribution in [2.75, 3.05) is 0 Å². The molecule has 0 atom stereocenters. The molecule has 2 aromatic carbocycles. The van der Waals surface area contributed by atoms with Crippen molar-refractivity contribution >= 4 is 0 Å². The number of rotatable bonds is 4. The molecule has 1 N–H and O–H groups in total. The maximum Gasteiger partial charge on any atom is 0.134 e. The second-order valence-electron chi connectivity index (χ2n) is 5.09. The van der Waals surface area contributed by atoms with Gasteiger partial charge in [-0.1, -0.05) is 12.1 Å². The van der Waals surface area contributed by atoms with Crippen molar-refractivity contribution in [2.45, 2.75) is 25.4 Å². The Morgan fingerprint density at radius 1 is 0.900 bits per heavy atom. The van der Waals surface area contributed by atoms with Crippen LogP contribution in [0.4, 0.5) is 13.2 Å². The lowest BCUT2D eigenvalue weighted by Gasteiger charge is -2.08. The van der Waals surface area contributed by atoms with E-state index in [0.29, 0.717) is 12.6 Å². The minimum atomic E-state index is -0.757. The third-order valence-corrected chi connectivity index (χ3v) is 3.43. The zero-order valence-corrected chi connectivity index (χ0v) is 10.8. The molecule has 104 valence electrons. The maximum absolute atomic E-state index is 14.1. The summed E-state index contributed by atoms with van der Waals surface area (Å²) in [7, 11) is 0. The molecule has 0 radical (unpaired) electrons. The monoisotopic (exact) mass is 277 g/mol. The van der Waals surface area contributed by atoms with E-state index < -0.39 is 17.5 Å². The number of benzene rings is 2. The zero-order valence-electron chi connectivity index (χ0n) is 10.8. The van der Waals surface area contributed by atoms with Crippen LogP contribution in [-0.2, 0) is 6.54 Å². The van der Waals surface area contributed by atoms with Gasteiger partial charge in [-0.2, -0.15) is 0 Å². The molecule has 20 heavy (non-hydrogen) atoms. The Morgan fingerprint density at radius 2 is 1.55 bits per heavy atom. The van der Waals surface area contributed by atoms with E-state index in [1.54, 1.807) is 6.07 Å². The van der Waals surface area contributed by atoms with E-state index in [0.717, 1.165) is 17.7 Å². The van der Waals surface area contributed by atoms with Gasteiger partial charge in [0.15, 0.2) is 0 Å². The first-order valence-corrected chi connectivity index (χ1v) is 6.61. The van der Waals surface area contributed by atoms with Gasteiger partial charge in [0.2, 0.25) is 0 Å². The van der Waals surface area contributed by atoms with Crippen molar-refractivity contribution in [1.82, 2.24) is 5.32 Å². The Morgan fingerprint density at radius 3 is 2.15 bits per heavy atom. The number of nitrogens with one attached hydrogen (secondary N) is 1. The third kappa shape index (κ3) is 2.85. The molecular formula is C16H14F3N. The number of hydrogen-bond acceptors (Lipinski definition) is 1. The Labute approximate surface area is 115 Å². The summed E-state index contributed by atoms with van der Waals surface area (Å²) in [6, 6.07) is 8.38. The summed E-state index contributed by atoms with van der Waals surface area (Å²) in [5.74, 6) is -1.92. The first-order valence-electron chi connectivity index (χ1n) is 6.61. The highest BCUT2D eigenvalue weighted by Gasteiger charge is 2.20. The molecule has 1 saturated carbocycles. The topological polar surface area (TPSA) is 12.0 Å². The molecule has 0 spiro atoms. The Bertz CT molecular complexity index is 636. The van der Waals surface area contributed by atoms with Crippen LogP contribution in [0.5, 0.6) is 0 Å². The van der Waals surface area contributed by atoms with Crippen molar-refractivity contribution in [2.24, 2.45) is 0 Å². The van der Waals surface area contributed by atoms with Gasteiger partial charge in [-0.05, 0) is 36.6 Å². The van der Waals surface area contributed by atoms with Crippen LogP contribution in [-0.4, -0.2) is 6.04 Å². The average molecular weight is 277 g/mol. The van der Waals surface area contributed by atoms with Gasteiger partial charge >= 0.3 is 0 Å². The van der Waals surface area contributed by atoms with Gasteiger partial charge in [0.1, 0.15) is 17.5 Å². The summed E-state index contributed by atoms with van der Waals surface area (Å²) < 4.78 is 40.6. The van der Waals surface area contributed by atoms with Gasteiger partial charge in [0.25, 0.3) is 0 Å². The fraction of sp³-hybridized carbons (Fsp3) is 0.250. The van der Waals surface area contributed by atoms with Crippen molar-refractivity contribution in [3.05, 3.63) is 59.4 Å². The van der Waals surface area contributed by atoms with Crippen LogP contribution in [0.25, 0.3) is 11.1 Å². The number of hydrogen-bond donors (Lipinski definition) is 1. The lowest BCUT2D eigenvalue weighted by molar-refractivity contribution is 0.582. The maximum atomic E-state index is 14.1. The highest BCUT2D eigenvalue weighted by molar-refractivity contribution is 5.65. The third-order valence-electron chi connectivity index (χ3n) is 3.43. The SMILES string of the molecule is Fc1ccc(-c2ccc(CNC3CC3)cc2F)c(F)c1. The summed E-state index contributed by atoms with van der Waals surface area (Å²) in [6.45, 7) is 0.605. The molecule has 0 unspecified atom stereocenters. The predicted molar refractivity (Wildman–Crippen MR) is 71.6 cm³/mol. The summed E-state index contributed by atoms with van der Waals surface area (Å²) in [5.41, 5.74) is 1.05. The summed E-state index contributed by atoms with van der Waals surface area (Å²) in [6.07, 6.45) is 2.34. The second kappa shape index (κ2) is 5.29. The van der Waals surface area contributed by atoms with Gasteiger partial charge in [-0.25, -0.2) is 13.2 Å². The fourth-order valence-corrected chi connectivity index (χ4v) is 2.14. The largest absolute Gasteiger partial charge is 0.310 e. The fourth-order valence-electron chi connectivity index (χ4n) is 2.14. The van der Waals surface area contributed by atoms with E-state index in [4.69, 9.17) is 0 Å². The molecule has 1 aliphatic carbocycles. The Kier molecular flexibility index (Phi) is 3.49. The molecule has 0 amide bonds. The van der Waals surface area contributed by atoms with Gasteiger partial charge in [0.05, 0.1) is 0 Å². The van der Waals surface area contributed by atoms with Gasteiger partial charge < -0.3 is 5.32 Å². The quantitative estimate of drug-likeness (QED) is 0.890. The summed E-state index contributed by atoms with van der Waals surface area (Å²) >= 11 is 0. The van der Waals surface area contributed by atoms with Crippen LogP contribution < -0.4 is 5.32 Å². The molecular weight excluding hydrogens is 263 g/mol. The average Bonchev–Trinajstić information content (AvgIpc) is 3.22. The van der Waals surface area contributed by atoms with Crippen LogP contribution in [0.1, 0.15) is 18.4 Å². The second-order valence-corrected chi connectivity index (χ2v) is 5.09. The number of halogens is 3. The molecule has 2 aromatic rings.